The summed E-state index contributed by atoms with van der Waals surface area (Å²) in [5.41, 5.74) is 4.36. The number of nitrogens with one attached hydrogen (secondary N) is 1. The molecule has 0 saturated heterocycles. The molecule has 0 aliphatic rings. The Morgan fingerprint density at radius 1 is 1.14 bits per heavy atom. The van der Waals surface area contributed by atoms with E-state index in [2.05, 4.69) is 46.8 Å². The zero-order valence-electron chi connectivity index (χ0n) is 16.5. The molecule has 0 atom stereocenters. The molecule has 0 unspecified atom stereocenters. The van der Waals surface area contributed by atoms with Crippen LogP contribution in [-0.2, 0) is 24.2 Å². The number of carbonyl (C=O) groups is 1. The highest BCUT2D eigenvalue weighted by Gasteiger charge is 2.13. The van der Waals surface area contributed by atoms with Gasteiger partial charge in [0.1, 0.15) is 0 Å². The number of benzene rings is 2. The highest BCUT2D eigenvalue weighted by Crippen LogP contribution is 2.19. The fourth-order valence-corrected chi connectivity index (χ4v) is 3.64. The quantitative estimate of drug-likeness (QED) is 0.651. The van der Waals surface area contributed by atoms with Crippen LogP contribution in [-0.4, -0.2) is 22.2 Å². The molecular formula is C23H26N4O. The van der Waals surface area contributed by atoms with Crippen LogP contribution in [0.1, 0.15) is 35.4 Å². The summed E-state index contributed by atoms with van der Waals surface area (Å²) in [4.78, 5) is 12.3. The van der Waals surface area contributed by atoms with Crippen LogP contribution < -0.4 is 5.32 Å². The molecule has 3 aromatic rings. The maximum atomic E-state index is 12.3. The molecule has 0 saturated carbocycles. The minimum atomic E-state index is 0.0591. The van der Waals surface area contributed by atoms with Crippen molar-refractivity contribution in [3.05, 3.63) is 65.0 Å². The van der Waals surface area contributed by atoms with E-state index in [4.69, 9.17) is 5.26 Å². The second-order valence-corrected chi connectivity index (χ2v) is 7.02. The summed E-state index contributed by atoms with van der Waals surface area (Å²) in [5, 5.41) is 18.8. The van der Waals surface area contributed by atoms with Crippen molar-refractivity contribution in [1.82, 2.24) is 15.1 Å². The van der Waals surface area contributed by atoms with Crippen LogP contribution in [0.3, 0.4) is 0 Å². The highest BCUT2D eigenvalue weighted by atomic mass is 16.1. The maximum Gasteiger partial charge on any atom is 0.220 e. The maximum absolute atomic E-state index is 12.3. The predicted molar refractivity (Wildman–Crippen MR) is 111 cm³/mol. The third-order valence-electron chi connectivity index (χ3n) is 5.17. The van der Waals surface area contributed by atoms with Crippen LogP contribution in [0.4, 0.5) is 0 Å². The van der Waals surface area contributed by atoms with E-state index in [1.807, 2.05) is 30.7 Å². The zero-order valence-corrected chi connectivity index (χ0v) is 16.5. The third-order valence-corrected chi connectivity index (χ3v) is 5.17. The topological polar surface area (TPSA) is 70.7 Å². The van der Waals surface area contributed by atoms with Crippen LogP contribution in [0.15, 0.2) is 42.5 Å². The fourth-order valence-electron chi connectivity index (χ4n) is 3.64. The summed E-state index contributed by atoms with van der Waals surface area (Å²) >= 11 is 0. The first-order valence-electron chi connectivity index (χ1n) is 9.73. The molecule has 0 spiro atoms. The van der Waals surface area contributed by atoms with E-state index in [1.165, 1.54) is 16.3 Å². The molecule has 1 heterocycles. The lowest BCUT2D eigenvalue weighted by molar-refractivity contribution is -0.121. The van der Waals surface area contributed by atoms with E-state index < -0.39 is 0 Å². The molecule has 0 aliphatic carbocycles. The van der Waals surface area contributed by atoms with Crippen LogP contribution in [0, 0.1) is 25.2 Å². The minimum absolute atomic E-state index is 0.0591. The van der Waals surface area contributed by atoms with Gasteiger partial charge in [-0.25, -0.2) is 0 Å². The summed E-state index contributed by atoms with van der Waals surface area (Å²) in [7, 11) is 0. The number of hydrogen-bond donors (Lipinski definition) is 1. The van der Waals surface area contributed by atoms with Crippen LogP contribution in [0.2, 0.25) is 0 Å². The van der Waals surface area contributed by atoms with Crippen molar-refractivity contribution in [3.63, 3.8) is 0 Å². The van der Waals surface area contributed by atoms with Gasteiger partial charge in [-0.15, -0.1) is 0 Å². The molecule has 3 rings (SSSR count). The van der Waals surface area contributed by atoms with Gasteiger partial charge in [0.25, 0.3) is 0 Å². The summed E-state index contributed by atoms with van der Waals surface area (Å²) in [6.07, 6.45) is 2.37. The van der Waals surface area contributed by atoms with E-state index in [0.717, 1.165) is 23.4 Å². The monoisotopic (exact) mass is 374 g/mol. The van der Waals surface area contributed by atoms with E-state index in [0.29, 0.717) is 32.4 Å². The lowest BCUT2D eigenvalue weighted by Crippen LogP contribution is -2.26. The van der Waals surface area contributed by atoms with Crippen molar-refractivity contribution in [2.75, 3.05) is 6.54 Å². The summed E-state index contributed by atoms with van der Waals surface area (Å²) in [6, 6.07) is 16.8. The Morgan fingerprint density at radius 2 is 1.93 bits per heavy atom. The van der Waals surface area contributed by atoms with Crippen molar-refractivity contribution in [2.24, 2.45) is 0 Å². The molecule has 0 bridgehead atoms. The van der Waals surface area contributed by atoms with Gasteiger partial charge in [-0.2, -0.15) is 10.4 Å². The molecule has 1 amide bonds. The lowest BCUT2D eigenvalue weighted by atomic mass is 10.0. The van der Waals surface area contributed by atoms with Crippen LogP contribution in [0.25, 0.3) is 10.8 Å². The Balaban J connectivity index is 1.51. The summed E-state index contributed by atoms with van der Waals surface area (Å²) in [6.45, 7) is 5.20. The van der Waals surface area contributed by atoms with Gasteiger partial charge in [0, 0.05) is 18.7 Å². The van der Waals surface area contributed by atoms with E-state index in [1.54, 1.807) is 0 Å². The van der Waals surface area contributed by atoms with Gasteiger partial charge in [0.15, 0.2) is 0 Å². The van der Waals surface area contributed by atoms with Gasteiger partial charge in [-0.3, -0.25) is 9.48 Å². The normalized spacial score (nSPS) is 10.8. The molecule has 5 heteroatoms. The first-order chi connectivity index (χ1) is 13.6. The van der Waals surface area contributed by atoms with Gasteiger partial charge in [0.05, 0.1) is 24.7 Å². The largest absolute Gasteiger partial charge is 0.356 e. The standard InChI is InChI=1S/C23H26N4O/c1-17-21(18(2)27(26-17)16-6-14-24)11-12-23(28)25-15-13-20-9-5-8-19-7-3-4-10-22(19)20/h3-5,7-10H,6,11-13,15-16H2,1-2H3,(H,25,28). The third kappa shape index (κ3) is 4.58. The van der Waals surface area contributed by atoms with Gasteiger partial charge in [-0.1, -0.05) is 42.5 Å². The van der Waals surface area contributed by atoms with Crippen molar-refractivity contribution in [3.8, 4) is 6.07 Å². The van der Waals surface area contributed by atoms with Gasteiger partial charge in [0.2, 0.25) is 5.91 Å². The van der Waals surface area contributed by atoms with Crippen LogP contribution >= 0.6 is 0 Å². The van der Waals surface area contributed by atoms with Crippen molar-refractivity contribution >= 4 is 16.7 Å². The fraction of sp³-hybridized carbons (Fsp3) is 0.348. The summed E-state index contributed by atoms with van der Waals surface area (Å²) in [5.74, 6) is 0.0591. The Kier molecular flexibility index (Phi) is 6.44. The molecule has 28 heavy (non-hydrogen) atoms. The Bertz CT molecular complexity index is 1010. The molecule has 0 aliphatic heterocycles. The summed E-state index contributed by atoms with van der Waals surface area (Å²) < 4.78 is 1.87. The van der Waals surface area contributed by atoms with E-state index in [-0.39, 0.29) is 5.91 Å². The van der Waals surface area contributed by atoms with Gasteiger partial charge < -0.3 is 5.32 Å². The molecule has 1 N–H and O–H groups in total. The molecule has 0 fully saturated rings. The molecule has 0 radical (unpaired) electrons. The number of amides is 1. The average molecular weight is 374 g/mol. The number of aromatic nitrogens is 2. The number of fused-ring (bicyclic) bond motifs is 1. The second-order valence-electron chi connectivity index (χ2n) is 7.02. The first kappa shape index (κ1) is 19.6. The number of aryl methyl sites for hydroxylation is 2. The second kappa shape index (κ2) is 9.18. The predicted octanol–water partition coefficient (Wildman–Crippen LogP) is 3.86. The molecule has 5 nitrogen and oxygen atoms in total. The number of nitrogens with zero attached hydrogens (tertiary/aromatic N) is 3. The Morgan fingerprint density at radius 3 is 2.75 bits per heavy atom. The van der Waals surface area contributed by atoms with Gasteiger partial charge in [-0.05, 0) is 48.6 Å². The number of nitriles is 1. The van der Waals surface area contributed by atoms with Crippen LogP contribution in [0.5, 0.6) is 0 Å². The molecule has 1 aromatic heterocycles. The smallest absolute Gasteiger partial charge is 0.220 e. The number of rotatable bonds is 8. The Labute approximate surface area is 166 Å². The number of carbonyl (C=O) groups excluding carboxylic acids is 1. The van der Waals surface area contributed by atoms with E-state index in [9.17, 15) is 4.79 Å². The molecular weight excluding hydrogens is 348 g/mol. The zero-order chi connectivity index (χ0) is 19.9. The number of hydrogen-bond acceptors (Lipinski definition) is 3. The SMILES string of the molecule is Cc1nn(CCC#N)c(C)c1CCC(=O)NCCc1cccc2ccccc12. The van der Waals surface area contributed by atoms with Gasteiger partial charge >= 0.3 is 0 Å². The minimum Gasteiger partial charge on any atom is -0.356 e. The van der Waals surface area contributed by atoms with Crippen molar-refractivity contribution in [2.45, 2.75) is 46.1 Å². The van der Waals surface area contributed by atoms with E-state index >= 15 is 0 Å². The first-order valence-corrected chi connectivity index (χ1v) is 9.73. The highest BCUT2D eigenvalue weighted by molar-refractivity contribution is 5.85. The lowest BCUT2D eigenvalue weighted by Gasteiger charge is -2.08. The Hall–Kier alpha value is -3.13. The molecule has 144 valence electrons. The van der Waals surface area contributed by atoms with Crippen molar-refractivity contribution in [1.29, 1.82) is 5.26 Å². The average Bonchev–Trinajstić information content (AvgIpc) is 2.97. The van der Waals surface area contributed by atoms with Crippen molar-refractivity contribution < 1.29 is 4.79 Å². The molecule has 2 aromatic carbocycles.